The number of oxime groups is 2. The van der Waals surface area contributed by atoms with Crippen LogP contribution in [0, 0.1) is 5.41 Å². The van der Waals surface area contributed by atoms with Crippen molar-refractivity contribution in [3.8, 4) is 0 Å². The van der Waals surface area contributed by atoms with Crippen molar-refractivity contribution in [3.05, 3.63) is 60.7 Å². The lowest BCUT2D eigenvalue weighted by Crippen LogP contribution is -2.30. The Labute approximate surface area is 176 Å². The monoisotopic (exact) mass is 450 g/mol. The summed E-state index contributed by atoms with van der Waals surface area (Å²) < 4.78 is 58.8. The largest absolute Gasteiger partial charge is 0.358 e. The van der Waals surface area contributed by atoms with Gasteiger partial charge >= 0.3 is 20.2 Å². The zero-order chi connectivity index (χ0) is 21.8. The van der Waals surface area contributed by atoms with Crippen LogP contribution in [0.25, 0.3) is 0 Å². The molecule has 0 aliphatic heterocycles. The summed E-state index contributed by atoms with van der Waals surface area (Å²) in [7, 11) is -8.08. The first-order chi connectivity index (χ1) is 14.1. The van der Waals surface area contributed by atoms with E-state index in [1.807, 2.05) is 13.8 Å². The predicted molar refractivity (Wildman–Crippen MR) is 112 cm³/mol. The molecule has 2 aromatic carbocycles. The van der Waals surface area contributed by atoms with Gasteiger partial charge in [-0.2, -0.15) is 16.8 Å². The van der Waals surface area contributed by atoms with Gasteiger partial charge in [0.25, 0.3) is 0 Å². The molecule has 3 rings (SSSR count). The van der Waals surface area contributed by atoms with E-state index in [-0.39, 0.29) is 21.6 Å². The standard InChI is InChI=1S/C20H22N2O6S2/c1-20(2)14-16(21-27-29(23,24)18-9-5-3-6-10-18)13-17(15-20)22-28-30(25,26)19-11-7-4-8-12-19/h3-12H,13-15H2,1-2H3. The molecule has 10 heteroatoms. The lowest BCUT2D eigenvalue weighted by molar-refractivity contribution is 0.316. The fourth-order valence-electron chi connectivity index (χ4n) is 3.12. The molecule has 0 atom stereocenters. The Balaban J connectivity index is 1.77. The van der Waals surface area contributed by atoms with Crippen LogP contribution < -0.4 is 0 Å². The second-order valence-corrected chi connectivity index (χ2v) is 10.8. The molecule has 0 spiro atoms. The molecule has 0 amide bonds. The molecule has 8 nitrogen and oxygen atoms in total. The molecule has 0 heterocycles. The highest BCUT2D eigenvalue weighted by Crippen LogP contribution is 2.33. The molecule has 160 valence electrons. The summed E-state index contributed by atoms with van der Waals surface area (Å²) in [4.78, 5) is -0.00815. The minimum atomic E-state index is -4.04. The molecular formula is C20H22N2O6S2. The van der Waals surface area contributed by atoms with E-state index >= 15 is 0 Å². The molecular weight excluding hydrogens is 428 g/mol. The zero-order valence-electron chi connectivity index (χ0n) is 16.6. The maximum absolute atomic E-state index is 12.3. The van der Waals surface area contributed by atoms with Crippen molar-refractivity contribution in [1.29, 1.82) is 0 Å². The van der Waals surface area contributed by atoms with E-state index in [2.05, 4.69) is 10.3 Å². The summed E-state index contributed by atoms with van der Waals surface area (Å²) in [6.45, 7) is 3.88. The minimum absolute atomic E-state index is 0.00408. The number of nitrogens with zero attached hydrogens (tertiary/aromatic N) is 2. The van der Waals surface area contributed by atoms with E-state index in [1.165, 1.54) is 24.3 Å². The molecule has 0 radical (unpaired) electrons. The van der Waals surface area contributed by atoms with Gasteiger partial charge in [0.2, 0.25) is 0 Å². The molecule has 0 unspecified atom stereocenters. The van der Waals surface area contributed by atoms with Crippen LogP contribution in [0.5, 0.6) is 0 Å². The van der Waals surface area contributed by atoms with Gasteiger partial charge in [-0.3, -0.25) is 8.57 Å². The highest BCUT2D eigenvalue weighted by molar-refractivity contribution is 7.87. The van der Waals surface area contributed by atoms with Crippen molar-refractivity contribution in [3.63, 3.8) is 0 Å². The van der Waals surface area contributed by atoms with Crippen LogP contribution in [0.1, 0.15) is 33.1 Å². The Kier molecular flexibility index (Phi) is 6.27. The van der Waals surface area contributed by atoms with Gasteiger partial charge < -0.3 is 0 Å². The molecule has 1 aliphatic carbocycles. The van der Waals surface area contributed by atoms with Crippen molar-refractivity contribution in [1.82, 2.24) is 0 Å². The Morgan fingerprint density at radius 1 is 0.700 bits per heavy atom. The van der Waals surface area contributed by atoms with Gasteiger partial charge in [0.15, 0.2) is 0 Å². The topological polar surface area (TPSA) is 111 Å². The number of hydrogen-bond donors (Lipinski definition) is 0. The summed E-state index contributed by atoms with van der Waals surface area (Å²) >= 11 is 0. The van der Waals surface area contributed by atoms with E-state index in [4.69, 9.17) is 8.57 Å². The van der Waals surface area contributed by atoms with Gasteiger partial charge in [-0.1, -0.05) is 60.6 Å². The van der Waals surface area contributed by atoms with Gasteiger partial charge in [0.05, 0.1) is 11.4 Å². The van der Waals surface area contributed by atoms with E-state index in [9.17, 15) is 16.8 Å². The summed E-state index contributed by atoms with van der Waals surface area (Å²) in [6, 6.07) is 15.4. The number of benzene rings is 2. The third-order valence-electron chi connectivity index (χ3n) is 4.37. The first kappa shape index (κ1) is 22.0. The van der Waals surface area contributed by atoms with E-state index in [0.717, 1.165) is 0 Å². The highest BCUT2D eigenvalue weighted by Gasteiger charge is 2.31. The fraction of sp³-hybridized carbons (Fsp3) is 0.300. The first-order valence-corrected chi connectivity index (χ1v) is 12.0. The van der Waals surface area contributed by atoms with Gasteiger partial charge in [0, 0.05) is 6.42 Å². The maximum Gasteiger partial charge on any atom is 0.358 e. The smallest absolute Gasteiger partial charge is 0.265 e. The van der Waals surface area contributed by atoms with Gasteiger partial charge in [-0.05, 0) is 42.5 Å². The lowest BCUT2D eigenvalue weighted by Gasteiger charge is -2.30. The van der Waals surface area contributed by atoms with Crippen LogP contribution in [-0.2, 0) is 28.8 Å². The maximum atomic E-state index is 12.3. The van der Waals surface area contributed by atoms with Crippen LogP contribution >= 0.6 is 0 Å². The quantitative estimate of drug-likeness (QED) is 0.620. The van der Waals surface area contributed by atoms with E-state index in [0.29, 0.717) is 24.3 Å². The number of rotatable bonds is 6. The third kappa shape index (κ3) is 5.67. The van der Waals surface area contributed by atoms with E-state index < -0.39 is 20.2 Å². The third-order valence-corrected chi connectivity index (χ3v) is 6.61. The minimum Gasteiger partial charge on any atom is -0.265 e. The molecule has 1 aliphatic rings. The Morgan fingerprint density at radius 3 is 1.43 bits per heavy atom. The molecule has 0 saturated heterocycles. The van der Waals surface area contributed by atoms with Crippen molar-refractivity contribution < 1.29 is 25.4 Å². The molecule has 0 aromatic heterocycles. The zero-order valence-corrected chi connectivity index (χ0v) is 18.2. The molecule has 1 fully saturated rings. The normalized spacial score (nSPS) is 19.5. The number of hydrogen-bond acceptors (Lipinski definition) is 8. The molecule has 2 aromatic rings. The van der Waals surface area contributed by atoms with Crippen LogP contribution in [0.4, 0.5) is 0 Å². The van der Waals surface area contributed by atoms with Crippen LogP contribution in [0.2, 0.25) is 0 Å². The second-order valence-electron chi connectivity index (χ2n) is 7.69. The molecule has 0 N–H and O–H groups in total. The van der Waals surface area contributed by atoms with Crippen molar-refractivity contribution >= 4 is 31.7 Å². The van der Waals surface area contributed by atoms with Crippen LogP contribution in [-0.4, -0.2) is 28.3 Å². The van der Waals surface area contributed by atoms with Crippen LogP contribution in [0.15, 0.2) is 80.8 Å². The molecule has 0 bridgehead atoms. The van der Waals surface area contributed by atoms with Gasteiger partial charge in [0.1, 0.15) is 9.79 Å². The first-order valence-electron chi connectivity index (χ1n) is 9.16. The van der Waals surface area contributed by atoms with Gasteiger partial charge in [-0.15, -0.1) is 0 Å². The van der Waals surface area contributed by atoms with Crippen molar-refractivity contribution in [2.45, 2.75) is 42.9 Å². The summed E-state index contributed by atoms with van der Waals surface area (Å²) in [5, 5.41) is 7.65. The second kappa shape index (κ2) is 8.57. The Morgan fingerprint density at radius 2 is 1.07 bits per heavy atom. The fourth-order valence-corrected chi connectivity index (χ4v) is 4.68. The van der Waals surface area contributed by atoms with Crippen LogP contribution in [0.3, 0.4) is 0 Å². The van der Waals surface area contributed by atoms with Crippen molar-refractivity contribution in [2.24, 2.45) is 15.7 Å². The Hall–Kier alpha value is -2.72. The molecule has 1 saturated carbocycles. The Bertz CT molecular complexity index is 1060. The van der Waals surface area contributed by atoms with E-state index in [1.54, 1.807) is 36.4 Å². The predicted octanol–water partition coefficient (Wildman–Crippen LogP) is 3.72. The summed E-state index contributed by atoms with van der Waals surface area (Å²) in [6.07, 6.45) is 1.10. The SMILES string of the molecule is CC1(C)CC(=NOS(=O)(=O)c2ccccc2)CC(=NOS(=O)(=O)c2ccccc2)C1. The van der Waals surface area contributed by atoms with Gasteiger partial charge in [-0.25, -0.2) is 0 Å². The summed E-state index contributed by atoms with van der Waals surface area (Å²) in [5.74, 6) is 0. The highest BCUT2D eigenvalue weighted by atomic mass is 32.2. The molecule has 30 heavy (non-hydrogen) atoms. The average molecular weight is 451 g/mol. The van der Waals surface area contributed by atoms with Crippen molar-refractivity contribution in [2.75, 3.05) is 0 Å². The average Bonchev–Trinajstić information content (AvgIpc) is 2.71. The lowest BCUT2D eigenvalue weighted by atomic mass is 9.75. The summed E-state index contributed by atoms with van der Waals surface area (Å²) in [5.41, 5.74) is 0.547.